The minimum atomic E-state index is 0.0299. The van der Waals surface area contributed by atoms with Gasteiger partial charge in [0.25, 0.3) is 0 Å². The molecule has 0 aromatic heterocycles. The van der Waals surface area contributed by atoms with Gasteiger partial charge in [0, 0.05) is 34.1 Å². The van der Waals surface area contributed by atoms with Crippen molar-refractivity contribution in [3.05, 3.63) is 47.5 Å². The van der Waals surface area contributed by atoms with Crippen LogP contribution >= 0.6 is 0 Å². The minimum absolute atomic E-state index is 0.0299. The van der Waals surface area contributed by atoms with Gasteiger partial charge in [0.15, 0.2) is 0 Å². The molecule has 6 nitrogen and oxygen atoms in total. The molecule has 0 saturated carbocycles. The van der Waals surface area contributed by atoms with Gasteiger partial charge in [0.1, 0.15) is 23.0 Å². The zero-order valence-corrected chi connectivity index (χ0v) is 22.0. The first-order valence-electron chi connectivity index (χ1n) is 12.7. The van der Waals surface area contributed by atoms with Crippen LogP contribution in [0.5, 0.6) is 23.0 Å². The van der Waals surface area contributed by atoms with Crippen LogP contribution in [-0.4, -0.2) is 40.6 Å². The molecule has 0 amide bonds. The van der Waals surface area contributed by atoms with Crippen molar-refractivity contribution in [3.8, 4) is 23.0 Å². The number of ether oxygens (including phenoxy) is 6. The Kier molecular flexibility index (Phi) is 7.82. The van der Waals surface area contributed by atoms with Gasteiger partial charge in [-0.3, -0.25) is 0 Å². The summed E-state index contributed by atoms with van der Waals surface area (Å²) < 4.78 is 34.8. The second-order valence-electron chi connectivity index (χ2n) is 10.2. The Hall–Kier alpha value is -2.44. The zero-order chi connectivity index (χ0) is 25.1. The fourth-order valence-corrected chi connectivity index (χ4v) is 5.41. The number of methoxy groups -OCH3 is 2. The molecule has 2 fully saturated rings. The summed E-state index contributed by atoms with van der Waals surface area (Å²) in [7, 11) is 3.35. The largest absolute Gasteiger partial charge is 0.497 e. The van der Waals surface area contributed by atoms with E-state index in [0.717, 1.165) is 66.6 Å². The second-order valence-corrected chi connectivity index (χ2v) is 10.2. The molecule has 6 heteroatoms. The third-order valence-corrected chi connectivity index (χ3v) is 7.53. The molecule has 4 atom stereocenters. The fraction of sp³-hybridized carbons (Fsp3) is 0.586. The molecule has 192 valence electrons. The monoisotopic (exact) mass is 484 g/mol. The number of rotatable bonds is 12. The predicted octanol–water partition coefficient (Wildman–Crippen LogP) is 6.53. The van der Waals surface area contributed by atoms with Crippen molar-refractivity contribution in [1.82, 2.24) is 0 Å². The van der Waals surface area contributed by atoms with Crippen molar-refractivity contribution in [2.75, 3.05) is 40.6 Å². The first-order chi connectivity index (χ1) is 16.9. The predicted molar refractivity (Wildman–Crippen MR) is 136 cm³/mol. The van der Waals surface area contributed by atoms with Crippen molar-refractivity contribution in [3.63, 3.8) is 0 Å². The van der Waals surface area contributed by atoms with E-state index in [4.69, 9.17) is 28.4 Å². The highest BCUT2D eigenvalue weighted by Gasteiger charge is 2.49. The van der Waals surface area contributed by atoms with Crippen LogP contribution in [0.25, 0.3) is 0 Å². The van der Waals surface area contributed by atoms with Gasteiger partial charge in [-0.15, -0.1) is 0 Å². The van der Waals surface area contributed by atoms with E-state index in [-0.39, 0.29) is 23.0 Å². The third-order valence-electron chi connectivity index (χ3n) is 7.53. The molecule has 4 rings (SSSR count). The van der Waals surface area contributed by atoms with Crippen LogP contribution in [0.15, 0.2) is 36.4 Å². The third kappa shape index (κ3) is 5.10. The van der Waals surface area contributed by atoms with Crippen molar-refractivity contribution < 1.29 is 28.4 Å². The minimum Gasteiger partial charge on any atom is -0.497 e. The SMILES string of the molecule is CCOc1cc(OC)ccc1C1OCC1(C)CCCC1(C)COC1c1ccc(OC)cc1OCC. The van der Waals surface area contributed by atoms with E-state index in [0.29, 0.717) is 13.2 Å². The lowest BCUT2D eigenvalue weighted by Gasteiger charge is -2.50. The topological polar surface area (TPSA) is 55.4 Å². The molecule has 0 bridgehead atoms. The van der Waals surface area contributed by atoms with Gasteiger partial charge >= 0.3 is 0 Å². The Morgan fingerprint density at radius 1 is 0.743 bits per heavy atom. The van der Waals surface area contributed by atoms with Crippen LogP contribution in [-0.2, 0) is 9.47 Å². The van der Waals surface area contributed by atoms with Gasteiger partial charge in [0.05, 0.1) is 52.9 Å². The summed E-state index contributed by atoms with van der Waals surface area (Å²) >= 11 is 0. The normalized spacial score (nSPS) is 27.5. The average molecular weight is 485 g/mol. The fourth-order valence-electron chi connectivity index (χ4n) is 5.41. The summed E-state index contributed by atoms with van der Waals surface area (Å²) in [5.41, 5.74) is 2.37. The van der Waals surface area contributed by atoms with E-state index >= 15 is 0 Å². The lowest BCUT2D eigenvalue weighted by Crippen LogP contribution is -2.45. The maximum Gasteiger partial charge on any atom is 0.128 e. The number of benzene rings is 2. The van der Waals surface area contributed by atoms with Crippen LogP contribution in [0.3, 0.4) is 0 Å². The molecule has 4 unspecified atom stereocenters. The van der Waals surface area contributed by atoms with Gasteiger partial charge in [-0.05, 0) is 51.0 Å². The average Bonchev–Trinajstić information content (AvgIpc) is 2.84. The summed E-state index contributed by atoms with van der Waals surface area (Å²) in [5.74, 6) is 3.30. The van der Waals surface area contributed by atoms with Crippen molar-refractivity contribution in [2.45, 2.75) is 59.2 Å². The van der Waals surface area contributed by atoms with Crippen LogP contribution < -0.4 is 18.9 Å². The maximum atomic E-state index is 6.10. The van der Waals surface area contributed by atoms with Gasteiger partial charge in [0.2, 0.25) is 0 Å². The first kappa shape index (κ1) is 25.6. The molecular formula is C29H40O6. The van der Waals surface area contributed by atoms with Crippen LogP contribution in [0.1, 0.15) is 70.3 Å². The summed E-state index contributed by atoms with van der Waals surface area (Å²) in [6, 6.07) is 12.1. The molecule has 2 aliphatic rings. The Morgan fingerprint density at radius 2 is 1.17 bits per heavy atom. The van der Waals surface area contributed by atoms with Crippen LogP contribution in [0.4, 0.5) is 0 Å². The van der Waals surface area contributed by atoms with Crippen LogP contribution in [0, 0.1) is 10.8 Å². The second kappa shape index (κ2) is 10.7. The number of hydrogen-bond acceptors (Lipinski definition) is 6. The molecular weight excluding hydrogens is 444 g/mol. The molecule has 2 aromatic carbocycles. The Bertz CT molecular complexity index is 927. The van der Waals surface area contributed by atoms with E-state index in [2.05, 4.69) is 26.0 Å². The summed E-state index contributed by atoms with van der Waals surface area (Å²) in [6.07, 6.45) is 3.33. The van der Waals surface area contributed by atoms with Gasteiger partial charge < -0.3 is 28.4 Å². The van der Waals surface area contributed by atoms with E-state index < -0.39 is 0 Å². The lowest BCUT2D eigenvalue weighted by atomic mass is 9.69. The van der Waals surface area contributed by atoms with Crippen molar-refractivity contribution in [1.29, 1.82) is 0 Å². The Morgan fingerprint density at radius 3 is 1.49 bits per heavy atom. The summed E-state index contributed by atoms with van der Waals surface area (Å²) in [5, 5.41) is 0. The zero-order valence-electron chi connectivity index (χ0n) is 22.0. The van der Waals surface area contributed by atoms with E-state index in [1.54, 1.807) is 14.2 Å². The smallest absolute Gasteiger partial charge is 0.128 e. The standard InChI is InChI=1S/C29H40O6/c1-7-32-24-16-20(30-5)10-12-22(24)26-28(3,18-34-26)14-9-15-29(4)19-35-27(29)23-13-11-21(31-6)17-25(23)33-8-2/h10-13,16-17,26-27H,7-9,14-15,18-19H2,1-6H3. The summed E-state index contributed by atoms with van der Waals surface area (Å²) in [6.45, 7) is 11.4. The van der Waals surface area contributed by atoms with E-state index in [1.807, 2.05) is 38.1 Å². The molecule has 0 N–H and O–H groups in total. The summed E-state index contributed by atoms with van der Waals surface area (Å²) in [4.78, 5) is 0. The highest BCUT2D eigenvalue weighted by Crippen LogP contribution is 2.55. The Balaban J connectivity index is 1.42. The molecule has 2 saturated heterocycles. The molecule has 0 aliphatic carbocycles. The first-order valence-corrected chi connectivity index (χ1v) is 12.7. The molecule has 35 heavy (non-hydrogen) atoms. The quantitative estimate of drug-likeness (QED) is 0.342. The maximum absolute atomic E-state index is 6.10. The lowest BCUT2D eigenvalue weighted by molar-refractivity contribution is -0.200. The van der Waals surface area contributed by atoms with Crippen LogP contribution in [0.2, 0.25) is 0 Å². The van der Waals surface area contributed by atoms with E-state index in [9.17, 15) is 0 Å². The van der Waals surface area contributed by atoms with Crippen molar-refractivity contribution in [2.24, 2.45) is 10.8 Å². The molecule has 0 spiro atoms. The van der Waals surface area contributed by atoms with E-state index in [1.165, 1.54) is 0 Å². The number of hydrogen-bond donors (Lipinski definition) is 0. The van der Waals surface area contributed by atoms with Gasteiger partial charge in [-0.25, -0.2) is 0 Å². The van der Waals surface area contributed by atoms with Crippen molar-refractivity contribution >= 4 is 0 Å². The molecule has 2 heterocycles. The molecule has 2 aromatic rings. The highest BCUT2D eigenvalue weighted by molar-refractivity contribution is 5.44. The molecule has 2 aliphatic heterocycles. The van der Waals surface area contributed by atoms with Gasteiger partial charge in [-0.1, -0.05) is 20.3 Å². The molecule has 0 radical (unpaired) electrons. The highest BCUT2D eigenvalue weighted by atomic mass is 16.5. The van der Waals surface area contributed by atoms with Gasteiger partial charge in [-0.2, -0.15) is 0 Å². The Labute approximate surface area is 209 Å².